The van der Waals surface area contributed by atoms with Crippen molar-refractivity contribution in [1.29, 1.82) is 0 Å². The summed E-state index contributed by atoms with van der Waals surface area (Å²) in [6.45, 7) is 3.51. The van der Waals surface area contributed by atoms with Crippen molar-refractivity contribution in [3.63, 3.8) is 0 Å². The molecule has 138 valence electrons. The van der Waals surface area contributed by atoms with Gasteiger partial charge in [0.2, 0.25) is 11.0 Å². The van der Waals surface area contributed by atoms with Gasteiger partial charge in [-0.1, -0.05) is 41.2 Å². The fourth-order valence-electron chi connectivity index (χ4n) is 2.37. The number of hydrogen-bond donors (Lipinski definition) is 2. The number of carbonyl (C=O) groups excluding carboxylic acids is 1. The number of rotatable bonds is 6. The number of ether oxygens (including phenoxy) is 1. The summed E-state index contributed by atoms with van der Waals surface area (Å²) >= 11 is 1.34. The SMILES string of the molecule is COc1ccc(/C=N\Nc2nc(-c3ccc(C)cc3)c(NC(C)=O)s2)cc1. The van der Waals surface area contributed by atoms with Crippen LogP contribution in [0.3, 0.4) is 0 Å². The van der Waals surface area contributed by atoms with Gasteiger partial charge in [0.05, 0.1) is 13.3 Å². The molecule has 0 aliphatic carbocycles. The quantitative estimate of drug-likeness (QED) is 0.487. The van der Waals surface area contributed by atoms with Gasteiger partial charge in [-0.3, -0.25) is 10.2 Å². The second kappa shape index (κ2) is 8.46. The van der Waals surface area contributed by atoms with Gasteiger partial charge >= 0.3 is 0 Å². The van der Waals surface area contributed by atoms with Gasteiger partial charge in [-0.2, -0.15) is 5.10 Å². The van der Waals surface area contributed by atoms with E-state index >= 15 is 0 Å². The first-order chi connectivity index (χ1) is 13.0. The zero-order valence-corrected chi connectivity index (χ0v) is 16.1. The molecule has 0 fully saturated rings. The van der Waals surface area contributed by atoms with Crippen LogP contribution in [0.15, 0.2) is 53.6 Å². The molecule has 0 unspecified atom stereocenters. The standard InChI is InChI=1S/C20H20N4O2S/c1-13-4-8-16(9-5-13)18-19(22-14(2)25)27-20(23-18)24-21-12-15-6-10-17(26-3)11-7-15/h4-12H,1-3H3,(H,22,25)(H,23,24)/b21-12-. The van der Waals surface area contributed by atoms with Crippen LogP contribution in [0.4, 0.5) is 10.1 Å². The highest BCUT2D eigenvalue weighted by atomic mass is 32.1. The summed E-state index contributed by atoms with van der Waals surface area (Å²) in [5.74, 6) is 0.656. The molecular weight excluding hydrogens is 360 g/mol. The minimum atomic E-state index is -0.139. The number of anilines is 2. The van der Waals surface area contributed by atoms with E-state index < -0.39 is 0 Å². The Hall–Kier alpha value is -3.19. The molecule has 1 aromatic heterocycles. The number of aryl methyl sites for hydroxylation is 1. The summed E-state index contributed by atoms with van der Waals surface area (Å²) in [7, 11) is 1.63. The third kappa shape index (κ3) is 4.92. The molecule has 7 heteroatoms. The van der Waals surface area contributed by atoms with Gasteiger partial charge in [-0.25, -0.2) is 4.98 Å². The molecule has 0 spiro atoms. The zero-order valence-electron chi connectivity index (χ0n) is 15.3. The van der Waals surface area contributed by atoms with Crippen LogP contribution in [0.1, 0.15) is 18.1 Å². The minimum Gasteiger partial charge on any atom is -0.497 e. The predicted molar refractivity (Wildman–Crippen MR) is 111 cm³/mol. The molecule has 0 bridgehead atoms. The zero-order chi connectivity index (χ0) is 19.2. The fourth-order valence-corrected chi connectivity index (χ4v) is 3.26. The molecule has 0 atom stereocenters. The van der Waals surface area contributed by atoms with E-state index in [9.17, 15) is 4.79 Å². The Kier molecular flexibility index (Phi) is 5.83. The van der Waals surface area contributed by atoms with Crippen molar-refractivity contribution in [3.05, 3.63) is 59.7 Å². The van der Waals surface area contributed by atoms with Gasteiger partial charge in [0.15, 0.2) is 0 Å². The average Bonchev–Trinajstić information content (AvgIpc) is 3.05. The maximum Gasteiger partial charge on any atom is 0.221 e. The second-order valence-corrected chi connectivity index (χ2v) is 6.89. The number of nitrogens with zero attached hydrogens (tertiary/aromatic N) is 2. The summed E-state index contributed by atoms with van der Waals surface area (Å²) in [5, 5.41) is 8.35. The fraction of sp³-hybridized carbons (Fsp3) is 0.150. The van der Waals surface area contributed by atoms with Gasteiger partial charge < -0.3 is 10.1 Å². The lowest BCUT2D eigenvalue weighted by Crippen LogP contribution is -2.05. The summed E-state index contributed by atoms with van der Waals surface area (Å²) in [4.78, 5) is 16.1. The number of methoxy groups -OCH3 is 1. The van der Waals surface area contributed by atoms with E-state index in [1.54, 1.807) is 13.3 Å². The molecule has 2 aromatic carbocycles. The van der Waals surface area contributed by atoms with Crippen LogP contribution < -0.4 is 15.5 Å². The number of thiazole rings is 1. The van der Waals surface area contributed by atoms with E-state index in [4.69, 9.17) is 4.74 Å². The molecule has 1 heterocycles. The van der Waals surface area contributed by atoms with Crippen molar-refractivity contribution in [3.8, 4) is 17.0 Å². The first kappa shape index (κ1) is 18.6. The lowest BCUT2D eigenvalue weighted by Gasteiger charge is -2.02. The van der Waals surface area contributed by atoms with Crippen molar-refractivity contribution < 1.29 is 9.53 Å². The van der Waals surface area contributed by atoms with Crippen molar-refractivity contribution in [2.75, 3.05) is 17.9 Å². The molecule has 0 saturated carbocycles. The van der Waals surface area contributed by atoms with Crippen molar-refractivity contribution in [2.24, 2.45) is 5.10 Å². The Morgan fingerprint density at radius 1 is 1.15 bits per heavy atom. The highest BCUT2D eigenvalue weighted by molar-refractivity contribution is 7.20. The minimum absolute atomic E-state index is 0.139. The molecule has 27 heavy (non-hydrogen) atoms. The average molecular weight is 380 g/mol. The van der Waals surface area contributed by atoms with Crippen LogP contribution in [-0.2, 0) is 4.79 Å². The first-order valence-corrected chi connectivity index (χ1v) is 9.15. The van der Waals surface area contributed by atoms with Crippen molar-refractivity contribution >= 4 is 33.6 Å². The third-order valence-corrected chi connectivity index (χ3v) is 4.61. The molecule has 0 aliphatic heterocycles. The molecule has 0 radical (unpaired) electrons. The smallest absolute Gasteiger partial charge is 0.221 e. The number of amides is 1. The normalized spacial score (nSPS) is 10.8. The number of nitrogens with one attached hydrogen (secondary N) is 2. The van der Waals surface area contributed by atoms with E-state index in [2.05, 4.69) is 20.8 Å². The monoisotopic (exact) mass is 380 g/mol. The number of carbonyl (C=O) groups is 1. The van der Waals surface area contributed by atoms with Gasteiger partial charge in [0, 0.05) is 12.5 Å². The Bertz CT molecular complexity index is 947. The first-order valence-electron chi connectivity index (χ1n) is 8.34. The molecule has 1 amide bonds. The van der Waals surface area contributed by atoms with E-state index in [-0.39, 0.29) is 5.91 Å². The molecule has 6 nitrogen and oxygen atoms in total. The largest absolute Gasteiger partial charge is 0.497 e. The number of benzene rings is 2. The second-order valence-electron chi connectivity index (χ2n) is 5.89. The van der Waals surface area contributed by atoms with E-state index in [0.717, 1.165) is 28.1 Å². The highest BCUT2D eigenvalue weighted by Gasteiger charge is 2.14. The maximum absolute atomic E-state index is 11.5. The number of aromatic nitrogens is 1. The summed E-state index contributed by atoms with van der Waals surface area (Å²) in [6, 6.07) is 15.6. The number of hydrogen-bond acceptors (Lipinski definition) is 6. The Balaban J connectivity index is 1.79. The van der Waals surface area contributed by atoms with E-state index in [1.807, 2.05) is 55.5 Å². The lowest BCUT2D eigenvalue weighted by atomic mass is 10.1. The van der Waals surface area contributed by atoms with Gasteiger partial charge in [-0.15, -0.1) is 0 Å². The van der Waals surface area contributed by atoms with Crippen molar-refractivity contribution in [1.82, 2.24) is 4.98 Å². The molecule has 0 saturated heterocycles. The van der Waals surface area contributed by atoms with Crippen LogP contribution in [0.2, 0.25) is 0 Å². The topological polar surface area (TPSA) is 75.6 Å². The van der Waals surface area contributed by atoms with Crippen LogP contribution in [0.5, 0.6) is 5.75 Å². The van der Waals surface area contributed by atoms with Crippen LogP contribution in [0.25, 0.3) is 11.3 Å². The molecular formula is C20H20N4O2S. The highest BCUT2D eigenvalue weighted by Crippen LogP contribution is 2.36. The van der Waals surface area contributed by atoms with E-state index in [1.165, 1.54) is 18.3 Å². The number of hydrazone groups is 1. The summed E-state index contributed by atoms with van der Waals surface area (Å²) < 4.78 is 5.14. The van der Waals surface area contributed by atoms with Gasteiger partial charge in [0.25, 0.3) is 0 Å². The van der Waals surface area contributed by atoms with Gasteiger partial charge in [-0.05, 0) is 36.8 Å². The van der Waals surface area contributed by atoms with Crippen LogP contribution in [-0.4, -0.2) is 24.2 Å². The molecule has 3 rings (SSSR count). The summed E-state index contributed by atoms with van der Waals surface area (Å²) in [5.41, 5.74) is 6.68. The molecule has 3 aromatic rings. The molecule has 2 N–H and O–H groups in total. The Morgan fingerprint density at radius 2 is 1.85 bits per heavy atom. The van der Waals surface area contributed by atoms with Crippen LogP contribution in [0, 0.1) is 6.92 Å². The lowest BCUT2D eigenvalue weighted by molar-refractivity contribution is -0.114. The summed E-state index contributed by atoms with van der Waals surface area (Å²) in [6.07, 6.45) is 1.70. The molecule has 0 aliphatic rings. The van der Waals surface area contributed by atoms with E-state index in [0.29, 0.717) is 10.1 Å². The Morgan fingerprint density at radius 3 is 2.48 bits per heavy atom. The van der Waals surface area contributed by atoms with Crippen LogP contribution >= 0.6 is 11.3 Å². The third-order valence-electron chi connectivity index (χ3n) is 3.73. The maximum atomic E-state index is 11.5. The Labute approximate surface area is 161 Å². The van der Waals surface area contributed by atoms with Crippen molar-refractivity contribution in [2.45, 2.75) is 13.8 Å². The predicted octanol–water partition coefficient (Wildman–Crippen LogP) is 4.53. The van der Waals surface area contributed by atoms with Gasteiger partial charge in [0.1, 0.15) is 16.4 Å².